The first-order chi connectivity index (χ1) is 9.70. The number of hydrogen-bond acceptors (Lipinski definition) is 2. The molecule has 3 rings (SSSR count). The van der Waals surface area contributed by atoms with Gasteiger partial charge in [0.25, 0.3) is 0 Å². The van der Waals surface area contributed by atoms with Crippen molar-refractivity contribution in [3.63, 3.8) is 0 Å². The van der Waals surface area contributed by atoms with Crippen LogP contribution in [-0.4, -0.2) is 4.98 Å². The third-order valence-electron chi connectivity index (χ3n) is 3.23. The average molecular weight is 263 g/mol. The van der Waals surface area contributed by atoms with Gasteiger partial charge in [0.2, 0.25) is 5.89 Å². The largest absolute Gasteiger partial charge is 0.441 e. The average Bonchev–Trinajstić information content (AvgIpc) is 2.87. The smallest absolute Gasteiger partial charge is 0.226 e. The van der Waals surface area contributed by atoms with E-state index in [9.17, 15) is 0 Å². The molecule has 100 valence electrons. The Morgan fingerprint density at radius 1 is 0.950 bits per heavy atom. The summed E-state index contributed by atoms with van der Waals surface area (Å²) in [6.07, 6.45) is 2.60. The van der Waals surface area contributed by atoms with Gasteiger partial charge in [-0.3, -0.25) is 0 Å². The highest BCUT2D eigenvalue weighted by molar-refractivity contribution is 5.52. The zero-order valence-corrected chi connectivity index (χ0v) is 11.8. The molecule has 0 fully saturated rings. The molecular formula is C18H17NO. The van der Waals surface area contributed by atoms with E-state index in [4.69, 9.17) is 4.42 Å². The third kappa shape index (κ3) is 2.80. The quantitative estimate of drug-likeness (QED) is 0.693. The van der Waals surface area contributed by atoms with Crippen LogP contribution >= 0.6 is 0 Å². The molecule has 1 aromatic heterocycles. The number of aryl methyl sites for hydroxylation is 2. The zero-order chi connectivity index (χ0) is 13.9. The first kappa shape index (κ1) is 12.7. The van der Waals surface area contributed by atoms with Crippen molar-refractivity contribution in [3.8, 4) is 11.5 Å². The minimum atomic E-state index is 0.685. The Labute approximate surface area is 119 Å². The summed E-state index contributed by atoms with van der Waals surface area (Å²) in [5.41, 5.74) is 4.84. The maximum Gasteiger partial charge on any atom is 0.226 e. The van der Waals surface area contributed by atoms with Gasteiger partial charge in [0.1, 0.15) is 5.76 Å². The van der Waals surface area contributed by atoms with Gasteiger partial charge >= 0.3 is 0 Å². The van der Waals surface area contributed by atoms with Crippen molar-refractivity contribution in [2.24, 2.45) is 0 Å². The van der Waals surface area contributed by atoms with E-state index in [1.54, 1.807) is 0 Å². The summed E-state index contributed by atoms with van der Waals surface area (Å²) < 4.78 is 5.84. The molecule has 0 aliphatic heterocycles. The maximum absolute atomic E-state index is 5.84. The Bertz CT molecular complexity index is 693. The molecule has 3 aromatic rings. The van der Waals surface area contributed by atoms with E-state index in [-0.39, 0.29) is 0 Å². The molecule has 0 spiro atoms. The van der Waals surface area contributed by atoms with E-state index in [0.717, 1.165) is 17.7 Å². The second-order valence-corrected chi connectivity index (χ2v) is 5.17. The first-order valence-corrected chi connectivity index (χ1v) is 6.78. The Balaban J connectivity index is 1.84. The molecule has 0 radical (unpaired) electrons. The lowest BCUT2D eigenvalue weighted by Crippen LogP contribution is -1.88. The Morgan fingerprint density at radius 3 is 2.35 bits per heavy atom. The van der Waals surface area contributed by atoms with E-state index in [1.807, 2.05) is 36.5 Å². The van der Waals surface area contributed by atoms with Crippen molar-refractivity contribution in [1.29, 1.82) is 0 Å². The fourth-order valence-electron chi connectivity index (χ4n) is 2.48. The molecule has 0 atom stereocenters. The molecule has 0 N–H and O–H groups in total. The highest BCUT2D eigenvalue weighted by Crippen LogP contribution is 2.21. The molecule has 0 aliphatic carbocycles. The Hall–Kier alpha value is -2.35. The van der Waals surface area contributed by atoms with Crippen LogP contribution in [0.3, 0.4) is 0 Å². The normalized spacial score (nSPS) is 10.7. The molecule has 0 bridgehead atoms. The molecular weight excluding hydrogens is 246 g/mol. The van der Waals surface area contributed by atoms with Gasteiger partial charge in [-0.25, -0.2) is 4.98 Å². The van der Waals surface area contributed by atoms with Gasteiger partial charge in [-0.2, -0.15) is 0 Å². The first-order valence-electron chi connectivity index (χ1n) is 6.78. The molecule has 0 saturated carbocycles. The molecule has 2 nitrogen and oxygen atoms in total. The van der Waals surface area contributed by atoms with Crippen LogP contribution in [0.4, 0.5) is 0 Å². The third-order valence-corrected chi connectivity index (χ3v) is 3.23. The number of benzene rings is 2. The Morgan fingerprint density at radius 2 is 1.65 bits per heavy atom. The lowest BCUT2D eigenvalue weighted by Gasteiger charge is -2.02. The lowest BCUT2D eigenvalue weighted by atomic mass is 10.0. The summed E-state index contributed by atoms with van der Waals surface area (Å²) in [5.74, 6) is 1.58. The summed E-state index contributed by atoms with van der Waals surface area (Å²) in [7, 11) is 0. The predicted molar refractivity (Wildman–Crippen MR) is 80.7 cm³/mol. The highest BCUT2D eigenvalue weighted by Gasteiger charge is 2.07. The lowest BCUT2D eigenvalue weighted by molar-refractivity contribution is 0.529. The molecule has 2 aromatic carbocycles. The SMILES string of the molecule is Cc1cc(C)cc(Cc2cnc(-c3ccccc3)o2)c1. The van der Waals surface area contributed by atoms with E-state index in [1.165, 1.54) is 16.7 Å². The van der Waals surface area contributed by atoms with Gasteiger partial charge in [-0.15, -0.1) is 0 Å². The predicted octanol–water partition coefficient (Wildman–Crippen LogP) is 4.55. The summed E-state index contributed by atoms with van der Waals surface area (Å²) >= 11 is 0. The monoisotopic (exact) mass is 263 g/mol. The molecule has 20 heavy (non-hydrogen) atoms. The van der Waals surface area contributed by atoms with Crippen LogP contribution in [0.5, 0.6) is 0 Å². The van der Waals surface area contributed by atoms with Crippen LogP contribution < -0.4 is 0 Å². The minimum absolute atomic E-state index is 0.685. The Kier molecular flexibility index (Phi) is 3.38. The molecule has 1 heterocycles. The topological polar surface area (TPSA) is 26.0 Å². The van der Waals surface area contributed by atoms with Crippen molar-refractivity contribution in [2.45, 2.75) is 20.3 Å². The number of rotatable bonds is 3. The van der Waals surface area contributed by atoms with Gasteiger partial charge in [0.15, 0.2) is 0 Å². The maximum atomic E-state index is 5.84. The number of oxazole rings is 1. The second kappa shape index (κ2) is 5.33. The summed E-state index contributed by atoms with van der Waals surface area (Å²) in [6, 6.07) is 16.5. The van der Waals surface area contributed by atoms with Crippen molar-refractivity contribution < 1.29 is 4.42 Å². The van der Waals surface area contributed by atoms with Gasteiger partial charge in [-0.05, 0) is 31.5 Å². The molecule has 2 heteroatoms. The standard InChI is InChI=1S/C18H17NO/c1-13-8-14(2)10-15(9-13)11-17-12-19-18(20-17)16-6-4-3-5-7-16/h3-10,12H,11H2,1-2H3. The van der Waals surface area contributed by atoms with Gasteiger partial charge < -0.3 is 4.42 Å². The summed E-state index contributed by atoms with van der Waals surface area (Å²) in [4.78, 5) is 4.36. The molecule has 0 amide bonds. The van der Waals surface area contributed by atoms with Gasteiger partial charge in [-0.1, -0.05) is 47.5 Å². The van der Waals surface area contributed by atoms with E-state index in [2.05, 4.69) is 37.0 Å². The molecule has 0 unspecified atom stereocenters. The number of aromatic nitrogens is 1. The molecule has 0 aliphatic rings. The van der Waals surface area contributed by atoms with Crippen LogP contribution in [0.2, 0.25) is 0 Å². The van der Waals surface area contributed by atoms with Crippen LogP contribution in [0.15, 0.2) is 59.1 Å². The van der Waals surface area contributed by atoms with Crippen LogP contribution in [-0.2, 0) is 6.42 Å². The van der Waals surface area contributed by atoms with Crippen LogP contribution in [0, 0.1) is 13.8 Å². The second-order valence-electron chi connectivity index (χ2n) is 5.17. The summed E-state index contributed by atoms with van der Waals surface area (Å²) in [6.45, 7) is 4.23. The number of hydrogen-bond donors (Lipinski definition) is 0. The van der Waals surface area contributed by atoms with Crippen molar-refractivity contribution in [3.05, 3.63) is 77.2 Å². The van der Waals surface area contributed by atoms with Gasteiger partial charge in [0, 0.05) is 12.0 Å². The number of nitrogens with zero attached hydrogens (tertiary/aromatic N) is 1. The van der Waals surface area contributed by atoms with Gasteiger partial charge in [0.05, 0.1) is 6.20 Å². The van der Waals surface area contributed by atoms with Crippen LogP contribution in [0.1, 0.15) is 22.5 Å². The van der Waals surface area contributed by atoms with Crippen molar-refractivity contribution in [1.82, 2.24) is 4.98 Å². The zero-order valence-electron chi connectivity index (χ0n) is 11.8. The van der Waals surface area contributed by atoms with Crippen molar-refractivity contribution >= 4 is 0 Å². The van der Waals surface area contributed by atoms with Crippen molar-refractivity contribution in [2.75, 3.05) is 0 Å². The van der Waals surface area contributed by atoms with E-state index >= 15 is 0 Å². The molecule has 0 saturated heterocycles. The van der Waals surface area contributed by atoms with E-state index in [0.29, 0.717) is 5.89 Å². The van der Waals surface area contributed by atoms with E-state index < -0.39 is 0 Å². The highest BCUT2D eigenvalue weighted by atomic mass is 16.4. The fourth-order valence-corrected chi connectivity index (χ4v) is 2.48. The van der Waals surface area contributed by atoms with Crippen LogP contribution in [0.25, 0.3) is 11.5 Å². The summed E-state index contributed by atoms with van der Waals surface area (Å²) in [5, 5.41) is 0. The minimum Gasteiger partial charge on any atom is -0.441 e. The fraction of sp³-hybridized carbons (Fsp3) is 0.167.